The van der Waals surface area contributed by atoms with Crippen LogP contribution < -0.4 is 5.32 Å². The molecule has 2 unspecified atom stereocenters. The molecule has 122 valence electrons. The summed E-state index contributed by atoms with van der Waals surface area (Å²) >= 11 is 0. The van der Waals surface area contributed by atoms with Crippen molar-refractivity contribution in [3.63, 3.8) is 0 Å². The fourth-order valence-electron chi connectivity index (χ4n) is 6.16. The summed E-state index contributed by atoms with van der Waals surface area (Å²) in [4.78, 5) is 14.2. The lowest BCUT2D eigenvalue weighted by molar-refractivity contribution is -0.131. The van der Waals surface area contributed by atoms with Gasteiger partial charge in [-0.1, -0.05) is 0 Å². The molecule has 0 aromatic carbocycles. The molecule has 1 heterocycles. The molecule has 0 aromatic heterocycles. The van der Waals surface area contributed by atoms with E-state index in [1.54, 1.807) is 4.90 Å². The van der Waals surface area contributed by atoms with Crippen LogP contribution in [0.1, 0.15) is 51.4 Å². The second kappa shape index (κ2) is 5.21. The van der Waals surface area contributed by atoms with Crippen molar-refractivity contribution in [3.05, 3.63) is 0 Å². The molecule has 1 amide bonds. The zero-order valence-electron chi connectivity index (χ0n) is 13.6. The van der Waals surface area contributed by atoms with Crippen LogP contribution in [0.25, 0.3) is 0 Å². The largest absolute Gasteiger partial charge is 0.326 e. The molecular weight excluding hydrogens is 288 g/mol. The predicted molar refractivity (Wildman–Crippen MR) is 83.8 cm³/mol. The van der Waals surface area contributed by atoms with Gasteiger partial charge in [-0.3, -0.25) is 4.79 Å². The molecule has 5 fully saturated rings. The highest BCUT2D eigenvalue weighted by Crippen LogP contribution is 2.61. The SMILES string of the molecule is N#C[C@@H]1CCCN1C(=O)CNC12CC3CC(CC(C#N)(C3)C1)C2. The molecule has 5 rings (SSSR count). The van der Waals surface area contributed by atoms with Crippen molar-refractivity contribution in [1.29, 1.82) is 10.5 Å². The van der Waals surface area contributed by atoms with Crippen LogP contribution in [0.3, 0.4) is 0 Å². The van der Waals surface area contributed by atoms with Crippen molar-refractivity contribution >= 4 is 5.91 Å². The Morgan fingerprint density at radius 2 is 1.96 bits per heavy atom. The van der Waals surface area contributed by atoms with Gasteiger partial charge in [0.15, 0.2) is 0 Å². The van der Waals surface area contributed by atoms with Gasteiger partial charge in [0, 0.05) is 12.1 Å². The summed E-state index contributed by atoms with van der Waals surface area (Å²) in [5, 5.41) is 22.4. The molecule has 5 nitrogen and oxygen atoms in total. The van der Waals surface area contributed by atoms with Crippen LogP contribution in [0, 0.1) is 39.9 Å². The number of amides is 1. The van der Waals surface area contributed by atoms with Crippen molar-refractivity contribution in [2.24, 2.45) is 17.3 Å². The quantitative estimate of drug-likeness (QED) is 0.864. The minimum Gasteiger partial charge on any atom is -0.326 e. The smallest absolute Gasteiger partial charge is 0.237 e. The molecule has 1 aliphatic heterocycles. The lowest BCUT2D eigenvalue weighted by atomic mass is 9.47. The number of rotatable bonds is 3. The number of nitriles is 2. The Balaban J connectivity index is 1.44. The second-order valence-corrected chi connectivity index (χ2v) is 8.36. The molecule has 23 heavy (non-hydrogen) atoms. The van der Waals surface area contributed by atoms with Crippen LogP contribution in [-0.4, -0.2) is 35.5 Å². The molecule has 4 saturated carbocycles. The Bertz CT molecular complexity index is 587. The Morgan fingerprint density at radius 1 is 1.22 bits per heavy atom. The number of hydrogen-bond donors (Lipinski definition) is 1. The van der Waals surface area contributed by atoms with Gasteiger partial charge in [0.25, 0.3) is 0 Å². The number of carbonyl (C=O) groups excluding carboxylic acids is 1. The van der Waals surface area contributed by atoms with Gasteiger partial charge in [0.1, 0.15) is 6.04 Å². The van der Waals surface area contributed by atoms with Crippen LogP contribution in [0.15, 0.2) is 0 Å². The van der Waals surface area contributed by atoms with E-state index in [9.17, 15) is 10.1 Å². The maximum absolute atomic E-state index is 12.5. The zero-order chi connectivity index (χ0) is 16.1. The van der Waals surface area contributed by atoms with E-state index >= 15 is 0 Å². The topological polar surface area (TPSA) is 79.9 Å². The van der Waals surface area contributed by atoms with Crippen molar-refractivity contribution in [3.8, 4) is 12.1 Å². The van der Waals surface area contributed by atoms with Gasteiger partial charge in [-0.2, -0.15) is 10.5 Å². The first-order valence-corrected chi connectivity index (χ1v) is 8.92. The molecule has 5 aliphatic rings. The number of nitrogens with zero attached hydrogens (tertiary/aromatic N) is 3. The van der Waals surface area contributed by atoms with E-state index in [1.165, 1.54) is 6.42 Å². The average molecular weight is 312 g/mol. The van der Waals surface area contributed by atoms with Crippen LogP contribution in [0.2, 0.25) is 0 Å². The van der Waals surface area contributed by atoms with Crippen molar-refractivity contribution in [2.75, 3.05) is 13.1 Å². The Hall–Kier alpha value is -1.59. The van der Waals surface area contributed by atoms with Crippen LogP contribution in [0.5, 0.6) is 0 Å². The summed E-state index contributed by atoms with van der Waals surface area (Å²) in [7, 11) is 0. The summed E-state index contributed by atoms with van der Waals surface area (Å²) in [5.41, 5.74) is -0.166. The predicted octanol–water partition coefficient (Wildman–Crippen LogP) is 1.95. The van der Waals surface area contributed by atoms with Gasteiger partial charge >= 0.3 is 0 Å². The minimum absolute atomic E-state index is 0.0165. The summed E-state index contributed by atoms with van der Waals surface area (Å²) in [5.74, 6) is 1.35. The first-order chi connectivity index (χ1) is 11.1. The van der Waals surface area contributed by atoms with E-state index in [-0.39, 0.29) is 22.9 Å². The normalized spacial score (nSPS) is 44.1. The summed E-state index contributed by atoms with van der Waals surface area (Å²) in [6.45, 7) is 1.03. The van der Waals surface area contributed by atoms with Gasteiger partial charge in [-0.15, -0.1) is 0 Å². The summed E-state index contributed by atoms with van der Waals surface area (Å²) < 4.78 is 0. The third-order valence-electron chi connectivity index (χ3n) is 6.64. The fraction of sp³-hybridized carbons (Fsp3) is 0.833. The van der Waals surface area contributed by atoms with Crippen LogP contribution >= 0.6 is 0 Å². The van der Waals surface area contributed by atoms with Crippen molar-refractivity contribution in [1.82, 2.24) is 10.2 Å². The molecule has 3 atom stereocenters. The number of carbonyl (C=O) groups is 1. The third-order valence-corrected chi connectivity index (χ3v) is 6.64. The highest BCUT2D eigenvalue weighted by Gasteiger charge is 2.58. The van der Waals surface area contributed by atoms with Gasteiger partial charge < -0.3 is 10.2 Å². The zero-order valence-corrected chi connectivity index (χ0v) is 13.6. The molecule has 1 N–H and O–H groups in total. The van der Waals surface area contributed by atoms with Crippen LogP contribution in [-0.2, 0) is 4.79 Å². The van der Waals surface area contributed by atoms with E-state index in [2.05, 4.69) is 17.5 Å². The molecule has 0 aromatic rings. The summed E-state index contributed by atoms with van der Waals surface area (Å²) in [6, 6.07) is 4.61. The summed E-state index contributed by atoms with van der Waals surface area (Å²) in [6.07, 6.45) is 8.23. The third kappa shape index (κ3) is 2.42. The van der Waals surface area contributed by atoms with Gasteiger partial charge in [0.05, 0.1) is 24.1 Å². The van der Waals surface area contributed by atoms with E-state index in [1.807, 2.05) is 0 Å². The molecule has 4 bridgehead atoms. The molecule has 4 aliphatic carbocycles. The Kier molecular flexibility index (Phi) is 3.39. The van der Waals surface area contributed by atoms with E-state index in [0.717, 1.165) is 44.9 Å². The van der Waals surface area contributed by atoms with Crippen molar-refractivity contribution < 1.29 is 4.79 Å². The monoisotopic (exact) mass is 312 g/mol. The fourth-order valence-corrected chi connectivity index (χ4v) is 6.16. The highest BCUT2D eigenvalue weighted by atomic mass is 16.2. The minimum atomic E-state index is -0.244. The number of hydrogen-bond acceptors (Lipinski definition) is 4. The molecule has 5 heteroatoms. The molecular formula is C18H24N4O. The average Bonchev–Trinajstić information content (AvgIpc) is 3.00. The molecule has 0 spiro atoms. The van der Waals surface area contributed by atoms with Gasteiger partial charge in [-0.25, -0.2) is 0 Å². The first kappa shape index (κ1) is 15.0. The molecule has 0 radical (unpaired) electrons. The van der Waals surface area contributed by atoms with Gasteiger partial charge in [0.2, 0.25) is 5.91 Å². The van der Waals surface area contributed by atoms with Crippen LogP contribution in [0.4, 0.5) is 0 Å². The molecule has 1 saturated heterocycles. The number of nitrogens with one attached hydrogen (secondary N) is 1. The Morgan fingerprint density at radius 3 is 2.61 bits per heavy atom. The van der Waals surface area contributed by atoms with Gasteiger partial charge in [-0.05, 0) is 63.2 Å². The van der Waals surface area contributed by atoms with E-state index in [0.29, 0.717) is 24.9 Å². The maximum atomic E-state index is 12.5. The highest BCUT2D eigenvalue weighted by molar-refractivity contribution is 5.79. The Labute approximate surface area is 137 Å². The number of likely N-dealkylation sites (tertiary alicyclic amines) is 1. The lowest BCUT2D eigenvalue weighted by Gasteiger charge is -2.60. The second-order valence-electron chi connectivity index (χ2n) is 8.36. The van der Waals surface area contributed by atoms with Crippen molar-refractivity contribution in [2.45, 2.75) is 62.9 Å². The van der Waals surface area contributed by atoms with E-state index in [4.69, 9.17) is 5.26 Å². The standard InChI is InChI=1S/C18H24N4O/c19-9-15-2-1-3-22(15)16(23)10-21-18-7-13-4-14(8-18)6-17(5-13,11-18)12-20/h13-15,21H,1-8,10-11H2/t13?,14?,15-,17?,18?/m0/s1. The maximum Gasteiger partial charge on any atom is 0.237 e. The van der Waals surface area contributed by atoms with E-state index < -0.39 is 0 Å². The first-order valence-electron chi connectivity index (χ1n) is 8.92. The lowest BCUT2D eigenvalue weighted by Crippen LogP contribution is -2.63.